The number of aliphatic hydroxyl groups excluding tert-OH is 1. The highest BCUT2D eigenvalue weighted by Gasteiger charge is 2.37. The minimum Gasteiger partial charge on any atom is -0.396 e. The standard InChI is InChI=1S/C18H26N2O3/c1-13-4-6-14(7-5-13)20-10-8-15(17(20)23)16(22)19-12-18(2,3)9-11-21/h4-7,15,21H,8-12H2,1-3H3,(H,19,22). The molecular weight excluding hydrogens is 292 g/mol. The molecule has 1 aliphatic heterocycles. The molecule has 0 saturated carbocycles. The van der Waals surface area contributed by atoms with Gasteiger partial charge in [-0.15, -0.1) is 0 Å². The lowest BCUT2D eigenvalue weighted by molar-refractivity contribution is -0.132. The number of aryl methyl sites for hydroxylation is 1. The van der Waals surface area contributed by atoms with Gasteiger partial charge in [-0.1, -0.05) is 31.5 Å². The fourth-order valence-corrected chi connectivity index (χ4v) is 2.74. The molecule has 2 rings (SSSR count). The van der Waals surface area contributed by atoms with Crippen LogP contribution in [0.15, 0.2) is 24.3 Å². The number of carbonyl (C=O) groups is 2. The zero-order valence-electron chi connectivity index (χ0n) is 14.1. The van der Waals surface area contributed by atoms with Gasteiger partial charge in [0.15, 0.2) is 0 Å². The Morgan fingerprint density at radius 2 is 2.00 bits per heavy atom. The fourth-order valence-electron chi connectivity index (χ4n) is 2.74. The highest BCUT2D eigenvalue weighted by molar-refractivity contribution is 6.09. The molecule has 2 amide bonds. The number of benzene rings is 1. The average Bonchev–Trinajstić information content (AvgIpc) is 2.87. The zero-order valence-corrected chi connectivity index (χ0v) is 14.1. The molecule has 126 valence electrons. The van der Waals surface area contributed by atoms with Gasteiger partial charge in [0.25, 0.3) is 0 Å². The highest BCUT2D eigenvalue weighted by atomic mass is 16.3. The second-order valence-electron chi connectivity index (χ2n) is 7.02. The average molecular weight is 318 g/mol. The van der Waals surface area contributed by atoms with Crippen LogP contribution >= 0.6 is 0 Å². The Balaban J connectivity index is 1.96. The number of nitrogens with zero attached hydrogens (tertiary/aromatic N) is 1. The predicted molar refractivity (Wildman–Crippen MR) is 90.1 cm³/mol. The van der Waals surface area contributed by atoms with Gasteiger partial charge in [0.2, 0.25) is 11.8 Å². The van der Waals surface area contributed by atoms with Crippen LogP contribution in [0.5, 0.6) is 0 Å². The molecule has 0 radical (unpaired) electrons. The number of nitrogens with one attached hydrogen (secondary N) is 1. The minimum absolute atomic E-state index is 0.0897. The third-order valence-electron chi connectivity index (χ3n) is 4.40. The third-order valence-corrected chi connectivity index (χ3v) is 4.40. The molecule has 5 heteroatoms. The molecule has 1 saturated heterocycles. The second kappa shape index (κ2) is 7.13. The van der Waals surface area contributed by atoms with Crippen LogP contribution in [0.1, 0.15) is 32.3 Å². The molecule has 2 N–H and O–H groups in total. The molecule has 1 aliphatic rings. The van der Waals surface area contributed by atoms with E-state index in [1.54, 1.807) is 4.90 Å². The first-order valence-electron chi connectivity index (χ1n) is 8.11. The lowest BCUT2D eigenvalue weighted by Crippen LogP contribution is -2.41. The van der Waals surface area contributed by atoms with Crippen LogP contribution in [-0.4, -0.2) is 36.6 Å². The third kappa shape index (κ3) is 4.32. The normalized spacial score (nSPS) is 18.3. The molecule has 1 aromatic rings. The summed E-state index contributed by atoms with van der Waals surface area (Å²) in [7, 11) is 0. The van der Waals surface area contributed by atoms with E-state index in [2.05, 4.69) is 5.32 Å². The predicted octanol–water partition coefficient (Wildman–Crippen LogP) is 1.87. The van der Waals surface area contributed by atoms with Crippen molar-refractivity contribution in [2.75, 3.05) is 24.6 Å². The molecule has 1 atom stereocenters. The van der Waals surface area contributed by atoms with Crippen LogP contribution in [0.25, 0.3) is 0 Å². The molecule has 0 bridgehead atoms. The van der Waals surface area contributed by atoms with Crippen LogP contribution in [0.4, 0.5) is 5.69 Å². The molecule has 1 unspecified atom stereocenters. The Morgan fingerprint density at radius 3 is 2.61 bits per heavy atom. The van der Waals surface area contributed by atoms with Gasteiger partial charge in [0.1, 0.15) is 5.92 Å². The molecule has 1 heterocycles. The number of amides is 2. The monoisotopic (exact) mass is 318 g/mol. The van der Waals surface area contributed by atoms with E-state index < -0.39 is 5.92 Å². The first kappa shape index (κ1) is 17.5. The van der Waals surface area contributed by atoms with Crippen LogP contribution in [0, 0.1) is 18.3 Å². The summed E-state index contributed by atoms with van der Waals surface area (Å²) in [6.07, 6.45) is 1.15. The number of aliphatic hydroxyl groups is 1. The smallest absolute Gasteiger partial charge is 0.239 e. The molecular formula is C18H26N2O3. The number of rotatable bonds is 6. The summed E-state index contributed by atoms with van der Waals surface area (Å²) in [6, 6.07) is 7.76. The van der Waals surface area contributed by atoms with Crippen molar-refractivity contribution < 1.29 is 14.7 Å². The van der Waals surface area contributed by atoms with Crippen molar-refractivity contribution in [2.45, 2.75) is 33.6 Å². The van der Waals surface area contributed by atoms with E-state index in [4.69, 9.17) is 5.11 Å². The summed E-state index contributed by atoms with van der Waals surface area (Å²) >= 11 is 0. The summed E-state index contributed by atoms with van der Waals surface area (Å²) in [4.78, 5) is 26.5. The Kier molecular flexibility index (Phi) is 5.42. The van der Waals surface area contributed by atoms with E-state index in [1.165, 1.54) is 0 Å². The zero-order chi connectivity index (χ0) is 17.0. The molecule has 1 aromatic carbocycles. The Bertz CT molecular complexity index is 566. The topological polar surface area (TPSA) is 69.6 Å². The van der Waals surface area contributed by atoms with Crippen molar-refractivity contribution in [1.82, 2.24) is 5.32 Å². The Labute approximate surface area is 137 Å². The molecule has 0 aliphatic carbocycles. The van der Waals surface area contributed by atoms with Crippen LogP contribution in [0.3, 0.4) is 0 Å². The molecule has 0 spiro atoms. The van der Waals surface area contributed by atoms with Crippen molar-refractivity contribution in [3.05, 3.63) is 29.8 Å². The van der Waals surface area contributed by atoms with Crippen LogP contribution in [-0.2, 0) is 9.59 Å². The second-order valence-corrected chi connectivity index (χ2v) is 7.02. The van der Waals surface area contributed by atoms with Crippen LogP contribution in [0.2, 0.25) is 0 Å². The molecule has 1 fully saturated rings. The number of hydrogen-bond donors (Lipinski definition) is 2. The van der Waals surface area contributed by atoms with Crippen molar-refractivity contribution in [3.8, 4) is 0 Å². The van der Waals surface area contributed by atoms with Crippen molar-refractivity contribution in [3.63, 3.8) is 0 Å². The summed E-state index contributed by atoms with van der Waals surface area (Å²) in [5, 5.41) is 11.9. The van der Waals surface area contributed by atoms with E-state index in [0.717, 1.165) is 11.3 Å². The van der Waals surface area contributed by atoms with Crippen molar-refractivity contribution in [2.24, 2.45) is 11.3 Å². The summed E-state index contributed by atoms with van der Waals surface area (Å²) < 4.78 is 0. The highest BCUT2D eigenvalue weighted by Crippen LogP contribution is 2.26. The maximum absolute atomic E-state index is 12.5. The van der Waals surface area contributed by atoms with Crippen molar-refractivity contribution >= 4 is 17.5 Å². The number of anilines is 1. The SMILES string of the molecule is Cc1ccc(N2CCC(C(=O)NCC(C)(C)CCO)C2=O)cc1. The number of hydrogen-bond acceptors (Lipinski definition) is 3. The van der Waals surface area contributed by atoms with E-state index >= 15 is 0 Å². The van der Waals surface area contributed by atoms with Crippen LogP contribution < -0.4 is 10.2 Å². The van der Waals surface area contributed by atoms with Gasteiger partial charge in [-0.3, -0.25) is 9.59 Å². The lowest BCUT2D eigenvalue weighted by Gasteiger charge is -2.24. The van der Waals surface area contributed by atoms with Gasteiger partial charge in [0.05, 0.1) is 0 Å². The largest absolute Gasteiger partial charge is 0.396 e. The fraction of sp³-hybridized carbons (Fsp3) is 0.556. The van der Waals surface area contributed by atoms with Gasteiger partial charge >= 0.3 is 0 Å². The van der Waals surface area contributed by atoms with Gasteiger partial charge in [0, 0.05) is 25.4 Å². The summed E-state index contributed by atoms with van der Waals surface area (Å²) in [6.45, 7) is 7.09. The van der Waals surface area contributed by atoms with E-state index in [9.17, 15) is 9.59 Å². The first-order valence-corrected chi connectivity index (χ1v) is 8.11. The summed E-state index contributed by atoms with van der Waals surface area (Å²) in [5.74, 6) is -0.955. The molecule has 5 nitrogen and oxygen atoms in total. The van der Waals surface area contributed by atoms with Gasteiger partial charge in [-0.25, -0.2) is 0 Å². The van der Waals surface area contributed by atoms with Crippen molar-refractivity contribution in [1.29, 1.82) is 0 Å². The van der Waals surface area contributed by atoms with Gasteiger partial charge in [-0.2, -0.15) is 0 Å². The first-order chi connectivity index (χ1) is 10.8. The Hall–Kier alpha value is -1.88. The molecule has 0 aromatic heterocycles. The van der Waals surface area contributed by atoms with Gasteiger partial charge in [-0.05, 0) is 37.3 Å². The summed E-state index contributed by atoms with van der Waals surface area (Å²) in [5.41, 5.74) is 1.81. The van der Waals surface area contributed by atoms with Gasteiger partial charge < -0.3 is 15.3 Å². The van der Waals surface area contributed by atoms with E-state index in [-0.39, 0.29) is 23.8 Å². The maximum atomic E-state index is 12.5. The Morgan fingerprint density at radius 1 is 1.35 bits per heavy atom. The van der Waals surface area contributed by atoms with E-state index in [0.29, 0.717) is 25.9 Å². The quantitative estimate of drug-likeness (QED) is 0.787. The number of carbonyl (C=O) groups excluding carboxylic acids is 2. The maximum Gasteiger partial charge on any atom is 0.239 e. The molecule has 23 heavy (non-hydrogen) atoms. The minimum atomic E-state index is -0.610. The van der Waals surface area contributed by atoms with E-state index in [1.807, 2.05) is 45.0 Å². The lowest BCUT2D eigenvalue weighted by atomic mass is 9.89.